The smallest absolute Gasteiger partial charge is 0.251 e. The number of carbonyl (C=O) groups excluding carboxylic acids is 1. The maximum Gasteiger partial charge on any atom is 0.251 e. The van der Waals surface area contributed by atoms with Gasteiger partial charge in [-0.1, -0.05) is 0 Å². The summed E-state index contributed by atoms with van der Waals surface area (Å²) >= 11 is 0. The summed E-state index contributed by atoms with van der Waals surface area (Å²) in [7, 11) is 1.87. The van der Waals surface area contributed by atoms with Gasteiger partial charge in [0.25, 0.3) is 5.91 Å². The van der Waals surface area contributed by atoms with Crippen LogP contribution in [0.2, 0.25) is 0 Å². The first kappa shape index (κ1) is 13.8. The number of hydrogen-bond donors (Lipinski definition) is 1. The Kier molecular flexibility index (Phi) is 4.28. The summed E-state index contributed by atoms with van der Waals surface area (Å²) in [4.78, 5) is 14.0. The predicted octanol–water partition coefficient (Wildman–Crippen LogP) is 1.40. The summed E-state index contributed by atoms with van der Waals surface area (Å²) < 4.78 is 5.89. The monoisotopic (exact) mass is 254 g/mol. The van der Waals surface area contributed by atoms with Gasteiger partial charge in [0.15, 0.2) is 0 Å². The molecule has 2 rings (SSSR count). The average Bonchev–Trinajstić information content (AvgIpc) is 2.39. The third kappa shape index (κ3) is 2.86. The van der Waals surface area contributed by atoms with E-state index in [0.29, 0.717) is 5.41 Å². The number of carbonyl (C=O) groups is 1. The first-order valence-corrected chi connectivity index (χ1v) is 7.13. The maximum absolute atomic E-state index is 12.2. The maximum atomic E-state index is 12.2. The van der Waals surface area contributed by atoms with Crippen LogP contribution in [0.1, 0.15) is 39.5 Å². The fourth-order valence-electron chi connectivity index (χ4n) is 2.90. The Balaban J connectivity index is 1.88. The Morgan fingerprint density at radius 1 is 1.33 bits per heavy atom. The Morgan fingerprint density at radius 2 is 2.00 bits per heavy atom. The van der Waals surface area contributed by atoms with Crippen molar-refractivity contribution in [2.45, 2.75) is 51.7 Å². The lowest BCUT2D eigenvalue weighted by Gasteiger charge is -2.43. The highest BCUT2D eigenvalue weighted by Gasteiger charge is 2.39. The van der Waals surface area contributed by atoms with E-state index in [0.717, 1.165) is 32.5 Å². The molecule has 0 bridgehead atoms. The molecule has 2 fully saturated rings. The lowest BCUT2D eigenvalue weighted by Crippen LogP contribution is -2.49. The number of hydrogen-bond acceptors (Lipinski definition) is 3. The molecule has 0 unspecified atom stereocenters. The summed E-state index contributed by atoms with van der Waals surface area (Å²) in [5.74, 6) is 0.147. The number of rotatable bonds is 2. The van der Waals surface area contributed by atoms with Gasteiger partial charge in [-0.3, -0.25) is 4.79 Å². The largest absolute Gasteiger partial charge is 0.368 e. The molecule has 0 aromatic rings. The van der Waals surface area contributed by atoms with Crippen LogP contribution in [-0.2, 0) is 9.53 Å². The molecule has 2 saturated heterocycles. The van der Waals surface area contributed by atoms with Crippen LogP contribution in [0.25, 0.3) is 0 Å². The quantitative estimate of drug-likeness (QED) is 0.810. The van der Waals surface area contributed by atoms with Crippen LogP contribution in [0.5, 0.6) is 0 Å². The van der Waals surface area contributed by atoms with Gasteiger partial charge in [-0.25, -0.2) is 0 Å². The molecule has 1 spiro atoms. The Labute approximate surface area is 110 Å². The number of likely N-dealkylation sites (N-methyl/N-ethyl adjacent to an activating group) is 1. The topological polar surface area (TPSA) is 41.6 Å². The molecule has 0 radical (unpaired) electrons. The van der Waals surface area contributed by atoms with Crippen molar-refractivity contribution < 1.29 is 9.53 Å². The van der Waals surface area contributed by atoms with Crippen molar-refractivity contribution in [2.75, 3.05) is 26.7 Å². The second-order valence-corrected chi connectivity index (χ2v) is 6.13. The summed E-state index contributed by atoms with van der Waals surface area (Å²) in [6.45, 7) is 7.02. The van der Waals surface area contributed by atoms with Crippen molar-refractivity contribution in [2.24, 2.45) is 5.41 Å². The van der Waals surface area contributed by atoms with Crippen LogP contribution in [0.3, 0.4) is 0 Å². The zero-order chi connectivity index (χ0) is 13.2. The van der Waals surface area contributed by atoms with Crippen molar-refractivity contribution in [1.29, 1.82) is 0 Å². The molecule has 1 amide bonds. The number of ether oxygens (including phenoxy) is 1. The third-order valence-corrected chi connectivity index (χ3v) is 4.59. The Bertz CT molecular complexity index is 288. The number of amides is 1. The normalized spacial score (nSPS) is 27.4. The van der Waals surface area contributed by atoms with E-state index in [9.17, 15) is 4.79 Å². The van der Waals surface area contributed by atoms with Gasteiger partial charge in [0.2, 0.25) is 0 Å². The van der Waals surface area contributed by atoms with E-state index in [1.807, 2.05) is 20.9 Å². The Morgan fingerprint density at radius 3 is 2.50 bits per heavy atom. The van der Waals surface area contributed by atoms with Gasteiger partial charge in [-0.2, -0.15) is 0 Å². The van der Waals surface area contributed by atoms with Gasteiger partial charge >= 0.3 is 0 Å². The molecule has 2 heterocycles. The van der Waals surface area contributed by atoms with Gasteiger partial charge in [-0.05, 0) is 58.0 Å². The van der Waals surface area contributed by atoms with Crippen LogP contribution in [0.15, 0.2) is 0 Å². The molecule has 1 atom stereocenters. The highest BCUT2D eigenvalue weighted by molar-refractivity contribution is 5.81. The number of nitrogens with one attached hydrogen (secondary N) is 1. The molecular formula is C14H26N2O2. The highest BCUT2D eigenvalue weighted by Crippen LogP contribution is 2.39. The summed E-state index contributed by atoms with van der Waals surface area (Å²) in [5.41, 5.74) is 0.346. The third-order valence-electron chi connectivity index (χ3n) is 4.59. The average molecular weight is 254 g/mol. The van der Waals surface area contributed by atoms with E-state index < -0.39 is 0 Å². The molecule has 4 nitrogen and oxygen atoms in total. The van der Waals surface area contributed by atoms with E-state index in [1.54, 1.807) is 4.90 Å². The first-order valence-electron chi connectivity index (χ1n) is 7.13. The van der Waals surface area contributed by atoms with Crippen molar-refractivity contribution in [3.63, 3.8) is 0 Å². The van der Waals surface area contributed by atoms with E-state index in [4.69, 9.17) is 4.74 Å². The van der Waals surface area contributed by atoms with Crippen LogP contribution >= 0.6 is 0 Å². The van der Waals surface area contributed by atoms with Crippen LogP contribution in [-0.4, -0.2) is 49.7 Å². The van der Waals surface area contributed by atoms with E-state index >= 15 is 0 Å². The van der Waals surface area contributed by atoms with Gasteiger partial charge < -0.3 is 15.0 Å². The lowest BCUT2D eigenvalue weighted by atomic mass is 9.74. The minimum absolute atomic E-state index is 0.147. The van der Waals surface area contributed by atoms with Gasteiger partial charge in [0.1, 0.15) is 6.10 Å². The summed E-state index contributed by atoms with van der Waals surface area (Å²) in [6.07, 6.45) is 4.19. The molecule has 0 aliphatic carbocycles. The van der Waals surface area contributed by atoms with Crippen molar-refractivity contribution in [1.82, 2.24) is 10.2 Å². The fraction of sp³-hybridized carbons (Fsp3) is 0.929. The molecule has 1 N–H and O–H groups in total. The minimum atomic E-state index is -0.210. The second-order valence-electron chi connectivity index (χ2n) is 6.13. The summed E-state index contributed by atoms with van der Waals surface area (Å²) in [5, 5.41) is 3.39. The molecular weight excluding hydrogens is 228 g/mol. The molecule has 104 valence electrons. The number of piperidine rings is 1. The molecule has 0 saturated carbocycles. The van der Waals surface area contributed by atoms with Gasteiger partial charge in [-0.15, -0.1) is 0 Å². The van der Waals surface area contributed by atoms with E-state index in [2.05, 4.69) is 5.32 Å². The van der Waals surface area contributed by atoms with Crippen molar-refractivity contribution in [3.05, 3.63) is 0 Å². The zero-order valence-electron chi connectivity index (χ0n) is 11.9. The minimum Gasteiger partial charge on any atom is -0.368 e. The molecule has 2 aliphatic heterocycles. The fourth-order valence-corrected chi connectivity index (χ4v) is 2.90. The molecule has 4 heteroatoms. The van der Waals surface area contributed by atoms with E-state index in [-0.39, 0.29) is 18.1 Å². The molecule has 2 aliphatic rings. The SMILES string of the molecule is CC(C)N(C)C(=O)[C@H]1CCC2(CCNCC2)CO1. The van der Waals surface area contributed by atoms with Crippen molar-refractivity contribution in [3.8, 4) is 0 Å². The van der Waals surface area contributed by atoms with Crippen LogP contribution < -0.4 is 5.32 Å². The first-order chi connectivity index (χ1) is 8.54. The molecule has 0 aromatic carbocycles. The van der Waals surface area contributed by atoms with Gasteiger partial charge in [0, 0.05) is 13.1 Å². The number of nitrogens with zero attached hydrogens (tertiary/aromatic N) is 1. The standard InChI is InChI=1S/C14H26N2O2/c1-11(2)16(3)13(17)12-4-5-14(10-18-12)6-8-15-9-7-14/h11-12,15H,4-10H2,1-3H3/t12-/m1/s1. The zero-order valence-corrected chi connectivity index (χ0v) is 11.9. The Hall–Kier alpha value is -0.610. The van der Waals surface area contributed by atoms with E-state index in [1.165, 1.54) is 12.8 Å². The highest BCUT2D eigenvalue weighted by atomic mass is 16.5. The molecule has 18 heavy (non-hydrogen) atoms. The summed E-state index contributed by atoms with van der Waals surface area (Å²) in [6, 6.07) is 0.246. The van der Waals surface area contributed by atoms with Crippen LogP contribution in [0, 0.1) is 5.41 Å². The second kappa shape index (κ2) is 5.57. The van der Waals surface area contributed by atoms with Crippen molar-refractivity contribution >= 4 is 5.91 Å². The predicted molar refractivity (Wildman–Crippen MR) is 71.4 cm³/mol. The van der Waals surface area contributed by atoms with Gasteiger partial charge in [0.05, 0.1) is 6.61 Å². The van der Waals surface area contributed by atoms with Crippen LogP contribution in [0.4, 0.5) is 0 Å². The lowest BCUT2D eigenvalue weighted by molar-refractivity contribution is -0.154. The molecule has 0 aromatic heterocycles.